The molecule has 1 aliphatic carbocycles. The Kier molecular flexibility index (Phi) is 5.87. The summed E-state index contributed by atoms with van der Waals surface area (Å²) in [6.07, 6.45) is 8.62. The van der Waals surface area contributed by atoms with Gasteiger partial charge in [-0.2, -0.15) is 0 Å². The molecule has 5 nitrogen and oxygen atoms in total. The Labute approximate surface area is 160 Å². The van der Waals surface area contributed by atoms with Gasteiger partial charge in [-0.15, -0.1) is 0 Å². The first kappa shape index (κ1) is 18.2. The van der Waals surface area contributed by atoms with Crippen LogP contribution >= 0.6 is 0 Å². The van der Waals surface area contributed by atoms with Gasteiger partial charge in [0, 0.05) is 37.3 Å². The average Bonchev–Trinajstić information content (AvgIpc) is 2.70. The van der Waals surface area contributed by atoms with Crippen molar-refractivity contribution in [2.75, 3.05) is 13.2 Å². The lowest BCUT2D eigenvalue weighted by Crippen LogP contribution is -2.40. The minimum Gasteiger partial charge on any atom is -0.490 e. The molecule has 0 radical (unpaired) electrons. The van der Waals surface area contributed by atoms with Crippen molar-refractivity contribution in [1.29, 1.82) is 0 Å². The SMILES string of the molecule is O=C(CC1CCOCC1)NC1CCC(Oc2ccc3ncccc3c2)CC1. The van der Waals surface area contributed by atoms with Crippen LogP contribution in [-0.4, -0.2) is 36.3 Å². The molecule has 2 fully saturated rings. The highest BCUT2D eigenvalue weighted by Crippen LogP contribution is 2.26. The zero-order chi connectivity index (χ0) is 18.5. The van der Waals surface area contributed by atoms with Gasteiger partial charge in [0.1, 0.15) is 5.75 Å². The zero-order valence-electron chi connectivity index (χ0n) is 15.7. The molecule has 1 aromatic heterocycles. The van der Waals surface area contributed by atoms with Crippen LogP contribution in [0.1, 0.15) is 44.9 Å². The molecule has 1 aromatic carbocycles. The second kappa shape index (κ2) is 8.70. The Morgan fingerprint density at radius 1 is 1.11 bits per heavy atom. The zero-order valence-corrected chi connectivity index (χ0v) is 15.7. The number of amides is 1. The van der Waals surface area contributed by atoms with E-state index < -0.39 is 0 Å². The Balaban J connectivity index is 1.23. The van der Waals surface area contributed by atoms with Crippen molar-refractivity contribution in [2.24, 2.45) is 5.92 Å². The number of benzene rings is 1. The maximum atomic E-state index is 12.3. The molecule has 1 amide bonds. The Hall–Kier alpha value is -2.14. The van der Waals surface area contributed by atoms with Crippen LogP contribution in [0, 0.1) is 5.92 Å². The van der Waals surface area contributed by atoms with Gasteiger partial charge >= 0.3 is 0 Å². The fourth-order valence-corrected chi connectivity index (χ4v) is 4.14. The minimum atomic E-state index is 0.202. The van der Waals surface area contributed by atoms with Crippen molar-refractivity contribution in [3.05, 3.63) is 36.5 Å². The number of hydrogen-bond acceptors (Lipinski definition) is 4. The summed E-state index contributed by atoms with van der Waals surface area (Å²) in [7, 11) is 0. The third kappa shape index (κ3) is 4.98. The number of carbonyl (C=O) groups excluding carboxylic acids is 1. The summed E-state index contributed by atoms with van der Waals surface area (Å²) in [6.45, 7) is 1.59. The van der Waals surface area contributed by atoms with Gasteiger partial charge in [0.25, 0.3) is 0 Å². The van der Waals surface area contributed by atoms with Crippen molar-refractivity contribution in [3.8, 4) is 5.75 Å². The summed E-state index contributed by atoms with van der Waals surface area (Å²) < 4.78 is 11.6. The summed E-state index contributed by atoms with van der Waals surface area (Å²) >= 11 is 0. The molecule has 2 heterocycles. The number of carbonyl (C=O) groups is 1. The molecular formula is C22H28N2O3. The predicted octanol–water partition coefficient (Wildman–Crippen LogP) is 3.86. The van der Waals surface area contributed by atoms with E-state index in [4.69, 9.17) is 9.47 Å². The van der Waals surface area contributed by atoms with E-state index in [0.717, 1.165) is 68.4 Å². The Morgan fingerprint density at radius 2 is 1.93 bits per heavy atom. The maximum Gasteiger partial charge on any atom is 0.220 e. The van der Waals surface area contributed by atoms with E-state index in [0.29, 0.717) is 12.3 Å². The predicted molar refractivity (Wildman–Crippen MR) is 105 cm³/mol. The first-order chi connectivity index (χ1) is 13.3. The number of pyridine rings is 1. The summed E-state index contributed by atoms with van der Waals surface area (Å²) in [5.41, 5.74) is 0.987. The van der Waals surface area contributed by atoms with Crippen molar-refractivity contribution in [3.63, 3.8) is 0 Å². The second-order valence-corrected chi connectivity index (χ2v) is 7.78. The molecule has 27 heavy (non-hydrogen) atoms. The minimum absolute atomic E-state index is 0.202. The van der Waals surface area contributed by atoms with Gasteiger partial charge in [-0.25, -0.2) is 0 Å². The molecule has 0 bridgehead atoms. The molecule has 1 saturated carbocycles. The van der Waals surface area contributed by atoms with E-state index in [-0.39, 0.29) is 18.1 Å². The smallest absolute Gasteiger partial charge is 0.220 e. The molecule has 2 aliphatic rings. The van der Waals surface area contributed by atoms with E-state index >= 15 is 0 Å². The van der Waals surface area contributed by atoms with Crippen LogP contribution in [0.15, 0.2) is 36.5 Å². The summed E-state index contributed by atoms with van der Waals surface area (Å²) in [4.78, 5) is 16.6. The highest BCUT2D eigenvalue weighted by Gasteiger charge is 2.25. The van der Waals surface area contributed by atoms with Crippen LogP contribution in [0.2, 0.25) is 0 Å². The number of rotatable bonds is 5. The number of fused-ring (bicyclic) bond motifs is 1. The Morgan fingerprint density at radius 3 is 2.74 bits per heavy atom. The molecule has 0 spiro atoms. The monoisotopic (exact) mass is 368 g/mol. The third-order valence-electron chi connectivity index (χ3n) is 5.73. The number of nitrogens with zero attached hydrogens (tertiary/aromatic N) is 1. The molecule has 0 unspecified atom stereocenters. The van der Waals surface area contributed by atoms with E-state index in [1.165, 1.54) is 0 Å². The molecule has 1 N–H and O–H groups in total. The van der Waals surface area contributed by atoms with Crippen LogP contribution in [0.5, 0.6) is 5.75 Å². The summed E-state index contributed by atoms with van der Waals surface area (Å²) in [5, 5.41) is 4.33. The van der Waals surface area contributed by atoms with Crippen LogP contribution in [0.25, 0.3) is 10.9 Å². The van der Waals surface area contributed by atoms with E-state index in [2.05, 4.69) is 22.4 Å². The fraction of sp³-hybridized carbons (Fsp3) is 0.545. The van der Waals surface area contributed by atoms with Gasteiger partial charge in [0.2, 0.25) is 5.91 Å². The fourth-order valence-electron chi connectivity index (χ4n) is 4.14. The standard InChI is InChI=1S/C22H28N2O3/c25-22(14-16-9-12-26-13-10-16)24-18-3-5-19(6-4-18)27-20-7-8-21-17(15-20)2-1-11-23-21/h1-2,7-8,11,15-16,18-19H,3-6,9-10,12-14H2,(H,24,25). The molecule has 2 aromatic rings. The second-order valence-electron chi connectivity index (χ2n) is 7.78. The lowest BCUT2D eigenvalue weighted by molar-refractivity contribution is -0.123. The van der Waals surface area contributed by atoms with Crippen LogP contribution in [0.3, 0.4) is 0 Å². The molecule has 0 atom stereocenters. The molecule has 144 valence electrons. The third-order valence-corrected chi connectivity index (χ3v) is 5.73. The maximum absolute atomic E-state index is 12.3. The van der Waals surface area contributed by atoms with Gasteiger partial charge in [0.05, 0.1) is 11.6 Å². The summed E-state index contributed by atoms with van der Waals surface area (Å²) in [5.74, 6) is 1.59. The first-order valence-electron chi connectivity index (χ1n) is 10.1. The molecule has 1 aliphatic heterocycles. The molecule has 1 saturated heterocycles. The quantitative estimate of drug-likeness (QED) is 0.871. The van der Waals surface area contributed by atoms with Crippen molar-refractivity contribution in [2.45, 2.75) is 57.1 Å². The number of hydrogen-bond donors (Lipinski definition) is 1. The highest BCUT2D eigenvalue weighted by molar-refractivity contribution is 5.79. The van der Waals surface area contributed by atoms with Crippen LogP contribution < -0.4 is 10.1 Å². The average molecular weight is 368 g/mol. The lowest BCUT2D eigenvalue weighted by atomic mass is 9.91. The highest BCUT2D eigenvalue weighted by atomic mass is 16.5. The van der Waals surface area contributed by atoms with E-state index in [1.807, 2.05) is 18.2 Å². The first-order valence-corrected chi connectivity index (χ1v) is 10.1. The van der Waals surface area contributed by atoms with Crippen LogP contribution in [-0.2, 0) is 9.53 Å². The van der Waals surface area contributed by atoms with E-state index in [9.17, 15) is 4.79 Å². The topological polar surface area (TPSA) is 60.5 Å². The van der Waals surface area contributed by atoms with Crippen molar-refractivity contribution in [1.82, 2.24) is 10.3 Å². The lowest BCUT2D eigenvalue weighted by Gasteiger charge is -2.30. The normalized spacial score (nSPS) is 23.9. The number of nitrogens with one attached hydrogen (secondary N) is 1. The van der Waals surface area contributed by atoms with Gasteiger partial charge in [0.15, 0.2) is 0 Å². The van der Waals surface area contributed by atoms with Crippen molar-refractivity contribution >= 4 is 16.8 Å². The molecule has 4 rings (SSSR count). The number of aromatic nitrogens is 1. The van der Waals surface area contributed by atoms with Gasteiger partial charge < -0.3 is 14.8 Å². The molecular weight excluding hydrogens is 340 g/mol. The van der Waals surface area contributed by atoms with Gasteiger partial charge in [-0.05, 0) is 68.7 Å². The van der Waals surface area contributed by atoms with Gasteiger partial charge in [-0.3, -0.25) is 9.78 Å². The van der Waals surface area contributed by atoms with E-state index in [1.54, 1.807) is 6.20 Å². The molecule has 5 heteroatoms. The van der Waals surface area contributed by atoms with Crippen molar-refractivity contribution < 1.29 is 14.3 Å². The summed E-state index contributed by atoms with van der Waals surface area (Å²) in [6, 6.07) is 10.4. The van der Waals surface area contributed by atoms with Gasteiger partial charge in [-0.1, -0.05) is 6.07 Å². The largest absolute Gasteiger partial charge is 0.490 e. The number of ether oxygens (including phenoxy) is 2. The Bertz CT molecular complexity index is 765. The van der Waals surface area contributed by atoms with Crippen LogP contribution in [0.4, 0.5) is 0 Å².